The maximum atomic E-state index is 12.2. The third kappa shape index (κ3) is 2.33. The van der Waals surface area contributed by atoms with Crippen LogP contribution in [0.4, 0.5) is 0 Å². The normalized spacial score (nSPS) is 31.5. The summed E-state index contributed by atoms with van der Waals surface area (Å²) in [5.41, 5.74) is 0.937. The molecule has 3 rings (SSSR count). The molecule has 1 aromatic carbocycles. The fourth-order valence-electron chi connectivity index (χ4n) is 3.80. The second-order valence-electron chi connectivity index (χ2n) is 5.88. The van der Waals surface area contributed by atoms with E-state index in [2.05, 4.69) is 0 Å². The van der Waals surface area contributed by atoms with Gasteiger partial charge in [-0.15, -0.1) is 11.6 Å². The Labute approximate surface area is 114 Å². The van der Waals surface area contributed by atoms with E-state index >= 15 is 0 Å². The van der Waals surface area contributed by atoms with E-state index in [1.807, 2.05) is 30.3 Å². The Balaban J connectivity index is 1.62. The first-order chi connectivity index (χ1) is 8.74. The van der Waals surface area contributed by atoms with Crippen molar-refractivity contribution in [3.05, 3.63) is 35.9 Å². The van der Waals surface area contributed by atoms with Crippen LogP contribution in [0.2, 0.25) is 0 Å². The van der Waals surface area contributed by atoms with Gasteiger partial charge in [0.15, 0.2) is 5.78 Å². The van der Waals surface area contributed by atoms with Gasteiger partial charge >= 0.3 is 0 Å². The molecule has 18 heavy (non-hydrogen) atoms. The Kier molecular flexibility index (Phi) is 3.43. The van der Waals surface area contributed by atoms with Crippen molar-refractivity contribution in [2.24, 2.45) is 17.8 Å². The second-order valence-corrected chi connectivity index (χ2v) is 6.32. The molecule has 0 saturated heterocycles. The van der Waals surface area contributed by atoms with E-state index in [1.54, 1.807) is 0 Å². The predicted octanol–water partition coefficient (Wildman–Crippen LogP) is 4.36. The molecule has 2 heteroatoms. The summed E-state index contributed by atoms with van der Waals surface area (Å²) in [5.74, 6) is 2.53. The molecule has 0 aromatic heterocycles. The van der Waals surface area contributed by atoms with Crippen LogP contribution >= 0.6 is 11.6 Å². The molecule has 2 aliphatic rings. The first-order valence-electron chi connectivity index (χ1n) is 6.96. The number of fused-ring (bicyclic) bond motifs is 2. The monoisotopic (exact) mass is 262 g/mol. The molecule has 0 heterocycles. The van der Waals surface area contributed by atoms with Crippen molar-refractivity contribution in [1.82, 2.24) is 0 Å². The maximum absolute atomic E-state index is 12.2. The van der Waals surface area contributed by atoms with Crippen molar-refractivity contribution < 1.29 is 4.79 Å². The lowest BCUT2D eigenvalue weighted by molar-refractivity contribution is -0.120. The third-order valence-corrected chi connectivity index (χ3v) is 5.22. The molecule has 0 spiro atoms. The van der Waals surface area contributed by atoms with Crippen molar-refractivity contribution in [3.8, 4) is 0 Å². The first kappa shape index (κ1) is 12.2. The van der Waals surface area contributed by atoms with Crippen LogP contribution in [0, 0.1) is 17.8 Å². The zero-order valence-corrected chi connectivity index (χ0v) is 11.3. The molecule has 4 atom stereocenters. The van der Waals surface area contributed by atoms with Gasteiger partial charge in [-0.05, 0) is 42.6 Å². The lowest BCUT2D eigenvalue weighted by atomic mass is 9.84. The Morgan fingerprint density at radius 1 is 1.22 bits per heavy atom. The van der Waals surface area contributed by atoms with Crippen molar-refractivity contribution in [1.29, 1.82) is 0 Å². The number of hydrogen-bond acceptors (Lipinski definition) is 1. The highest BCUT2D eigenvalue weighted by Crippen LogP contribution is 2.50. The number of alkyl halides is 1. The molecule has 2 aliphatic carbocycles. The summed E-state index contributed by atoms with van der Waals surface area (Å²) in [6, 6.07) is 9.71. The molecule has 0 amide bonds. The van der Waals surface area contributed by atoms with Gasteiger partial charge in [-0.2, -0.15) is 0 Å². The van der Waals surface area contributed by atoms with Gasteiger partial charge in [-0.1, -0.05) is 36.8 Å². The zero-order chi connectivity index (χ0) is 12.5. The van der Waals surface area contributed by atoms with E-state index < -0.39 is 5.38 Å². The zero-order valence-electron chi connectivity index (χ0n) is 10.5. The summed E-state index contributed by atoms with van der Waals surface area (Å²) >= 11 is 6.29. The Morgan fingerprint density at radius 2 is 2.00 bits per heavy atom. The molecule has 2 saturated carbocycles. The standard InChI is InChI=1S/C16H19ClO/c17-16(12-4-2-1-3-5-12)15(18)10-14-9-11-6-7-13(14)8-11/h1-5,11,13-14,16H,6-10H2. The van der Waals surface area contributed by atoms with Crippen LogP contribution in [0.1, 0.15) is 43.0 Å². The van der Waals surface area contributed by atoms with Gasteiger partial charge in [0.05, 0.1) is 0 Å². The van der Waals surface area contributed by atoms with Crippen LogP contribution in [-0.4, -0.2) is 5.78 Å². The lowest BCUT2D eigenvalue weighted by Gasteiger charge is -2.21. The number of benzene rings is 1. The summed E-state index contributed by atoms with van der Waals surface area (Å²) in [6.07, 6.45) is 6.02. The van der Waals surface area contributed by atoms with Gasteiger partial charge < -0.3 is 0 Å². The molecule has 0 radical (unpaired) electrons. The molecule has 4 unspecified atom stereocenters. The number of halogens is 1. The maximum Gasteiger partial charge on any atom is 0.155 e. The third-order valence-electron chi connectivity index (χ3n) is 4.72. The smallest absolute Gasteiger partial charge is 0.155 e. The minimum Gasteiger partial charge on any atom is -0.298 e. The average Bonchev–Trinajstić information content (AvgIpc) is 3.01. The molecule has 1 nitrogen and oxygen atoms in total. The van der Waals surface area contributed by atoms with Crippen molar-refractivity contribution >= 4 is 17.4 Å². The minimum atomic E-state index is -0.453. The highest BCUT2D eigenvalue weighted by molar-refractivity contribution is 6.31. The van der Waals surface area contributed by atoms with E-state index in [0.717, 1.165) is 17.4 Å². The van der Waals surface area contributed by atoms with Gasteiger partial charge in [0, 0.05) is 6.42 Å². The number of Topliss-reactive ketones (excluding diaryl/α,β-unsaturated/α-hetero) is 1. The van der Waals surface area contributed by atoms with Crippen molar-refractivity contribution in [2.75, 3.05) is 0 Å². The number of carbonyl (C=O) groups excluding carboxylic acids is 1. The van der Waals surface area contributed by atoms with Crippen LogP contribution in [-0.2, 0) is 4.79 Å². The lowest BCUT2D eigenvalue weighted by Crippen LogP contribution is -2.17. The number of carbonyl (C=O) groups is 1. The predicted molar refractivity (Wildman–Crippen MR) is 73.6 cm³/mol. The van der Waals surface area contributed by atoms with Crippen LogP contribution in [0.3, 0.4) is 0 Å². The van der Waals surface area contributed by atoms with Crippen LogP contribution in [0.25, 0.3) is 0 Å². The van der Waals surface area contributed by atoms with Crippen LogP contribution in [0.5, 0.6) is 0 Å². The molecule has 2 bridgehead atoms. The summed E-state index contributed by atoms with van der Waals surface area (Å²) in [6.45, 7) is 0. The number of ketones is 1. The van der Waals surface area contributed by atoms with Crippen molar-refractivity contribution in [2.45, 2.75) is 37.5 Å². The highest BCUT2D eigenvalue weighted by atomic mass is 35.5. The summed E-state index contributed by atoms with van der Waals surface area (Å²) < 4.78 is 0. The number of rotatable bonds is 4. The average molecular weight is 263 g/mol. The second kappa shape index (κ2) is 5.05. The molecular formula is C16H19ClO. The van der Waals surface area contributed by atoms with Crippen LogP contribution < -0.4 is 0 Å². The molecule has 1 aromatic rings. The molecule has 96 valence electrons. The SMILES string of the molecule is O=C(CC1CC2CCC1C2)C(Cl)c1ccccc1. The Bertz CT molecular complexity index is 428. The molecule has 2 fully saturated rings. The molecular weight excluding hydrogens is 244 g/mol. The molecule has 0 N–H and O–H groups in total. The van der Waals surface area contributed by atoms with E-state index in [9.17, 15) is 4.79 Å². The fourth-order valence-corrected chi connectivity index (χ4v) is 4.03. The van der Waals surface area contributed by atoms with Gasteiger partial charge in [-0.25, -0.2) is 0 Å². The van der Waals surface area contributed by atoms with Gasteiger partial charge in [0.2, 0.25) is 0 Å². The van der Waals surface area contributed by atoms with Crippen LogP contribution in [0.15, 0.2) is 30.3 Å². The van der Waals surface area contributed by atoms with E-state index in [0.29, 0.717) is 12.3 Å². The Hall–Kier alpha value is -0.820. The summed E-state index contributed by atoms with van der Waals surface area (Å²) in [5, 5.41) is -0.453. The van der Waals surface area contributed by atoms with Gasteiger partial charge in [0.25, 0.3) is 0 Å². The summed E-state index contributed by atoms with van der Waals surface area (Å²) in [4.78, 5) is 12.2. The fraction of sp³-hybridized carbons (Fsp3) is 0.562. The largest absolute Gasteiger partial charge is 0.298 e. The quantitative estimate of drug-likeness (QED) is 0.737. The minimum absolute atomic E-state index is 0.209. The number of hydrogen-bond donors (Lipinski definition) is 0. The highest BCUT2D eigenvalue weighted by Gasteiger charge is 2.40. The van der Waals surface area contributed by atoms with E-state index in [4.69, 9.17) is 11.6 Å². The van der Waals surface area contributed by atoms with Gasteiger partial charge in [-0.3, -0.25) is 4.79 Å². The molecule has 0 aliphatic heterocycles. The summed E-state index contributed by atoms with van der Waals surface area (Å²) in [7, 11) is 0. The Morgan fingerprint density at radius 3 is 2.61 bits per heavy atom. The van der Waals surface area contributed by atoms with E-state index in [1.165, 1.54) is 25.7 Å². The van der Waals surface area contributed by atoms with Gasteiger partial charge in [0.1, 0.15) is 5.38 Å². The van der Waals surface area contributed by atoms with E-state index in [-0.39, 0.29) is 5.78 Å². The van der Waals surface area contributed by atoms with Crippen molar-refractivity contribution in [3.63, 3.8) is 0 Å². The first-order valence-corrected chi connectivity index (χ1v) is 7.39. The topological polar surface area (TPSA) is 17.1 Å².